The van der Waals surface area contributed by atoms with Gasteiger partial charge in [-0.1, -0.05) is 6.92 Å². The van der Waals surface area contributed by atoms with Crippen LogP contribution in [0.2, 0.25) is 0 Å². The first-order valence-corrected chi connectivity index (χ1v) is 7.48. The van der Waals surface area contributed by atoms with Crippen molar-refractivity contribution in [2.24, 2.45) is 5.92 Å². The summed E-state index contributed by atoms with van der Waals surface area (Å²) in [6.45, 7) is 5.57. The van der Waals surface area contributed by atoms with Gasteiger partial charge in [-0.15, -0.1) is 0 Å². The summed E-state index contributed by atoms with van der Waals surface area (Å²) < 4.78 is 4.73. The van der Waals surface area contributed by atoms with Gasteiger partial charge in [0.25, 0.3) is 5.91 Å². The molecule has 3 N–H and O–H groups in total. The van der Waals surface area contributed by atoms with Crippen LogP contribution in [0.1, 0.15) is 33.1 Å². The smallest absolute Gasteiger partial charge is 0.321 e. The molecule has 1 aliphatic heterocycles. The number of rotatable bonds is 5. The Morgan fingerprint density at radius 3 is 2.43 bits per heavy atom. The van der Waals surface area contributed by atoms with Crippen LogP contribution in [0.3, 0.4) is 0 Å². The summed E-state index contributed by atoms with van der Waals surface area (Å²) in [4.78, 5) is 35.8. The van der Waals surface area contributed by atoms with Gasteiger partial charge in [-0.25, -0.2) is 4.79 Å². The molecule has 1 rings (SSSR count). The number of amides is 3. The molecule has 3 amide bonds. The quantitative estimate of drug-likeness (QED) is 0.573. The molecule has 1 heterocycles. The number of likely N-dealkylation sites (tertiary alicyclic amines) is 1. The van der Waals surface area contributed by atoms with E-state index in [-0.39, 0.29) is 30.4 Å². The van der Waals surface area contributed by atoms with E-state index in [4.69, 9.17) is 4.74 Å². The summed E-state index contributed by atoms with van der Waals surface area (Å²) in [6.07, 6.45) is 2.25. The molecule has 7 heteroatoms. The summed E-state index contributed by atoms with van der Waals surface area (Å²) in [5, 5.41) is 5.02. The monoisotopic (exact) mass is 300 g/mol. The Kier molecular flexibility index (Phi) is 7.14. The Labute approximate surface area is 125 Å². The van der Waals surface area contributed by atoms with Gasteiger partial charge in [0.15, 0.2) is 6.54 Å². The minimum Gasteiger partial charge on any atom is -0.469 e. The highest BCUT2D eigenvalue weighted by Gasteiger charge is 2.29. The lowest BCUT2D eigenvalue weighted by molar-refractivity contribution is -0.897. The minimum atomic E-state index is -0.446. The Morgan fingerprint density at radius 1 is 1.29 bits per heavy atom. The highest BCUT2D eigenvalue weighted by atomic mass is 16.5. The predicted molar refractivity (Wildman–Crippen MR) is 76.7 cm³/mol. The maximum absolute atomic E-state index is 11.8. The van der Waals surface area contributed by atoms with E-state index < -0.39 is 6.03 Å². The van der Waals surface area contributed by atoms with E-state index in [1.54, 1.807) is 0 Å². The van der Waals surface area contributed by atoms with Crippen molar-refractivity contribution >= 4 is 17.9 Å². The summed E-state index contributed by atoms with van der Waals surface area (Å²) in [5.41, 5.74) is 0. The van der Waals surface area contributed by atoms with E-state index in [0.29, 0.717) is 12.8 Å². The molecule has 0 radical (unpaired) electrons. The minimum absolute atomic E-state index is 0.0425. The number of ether oxygens (including phenoxy) is 1. The lowest BCUT2D eigenvalue weighted by atomic mass is 9.97. The summed E-state index contributed by atoms with van der Waals surface area (Å²) >= 11 is 0. The first-order chi connectivity index (χ1) is 9.96. The van der Waals surface area contributed by atoms with Crippen molar-refractivity contribution in [3.05, 3.63) is 0 Å². The lowest BCUT2D eigenvalue weighted by Gasteiger charge is -2.27. The van der Waals surface area contributed by atoms with Crippen LogP contribution in [-0.4, -0.2) is 50.7 Å². The van der Waals surface area contributed by atoms with E-state index in [1.165, 1.54) is 7.11 Å². The maximum atomic E-state index is 11.8. The van der Waals surface area contributed by atoms with Gasteiger partial charge in [-0.2, -0.15) is 0 Å². The molecule has 1 fully saturated rings. The molecule has 1 saturated heterocycles. The largest absolute Gasteiger partial charge is 0.469 e. The number of nitrogens with one attached hydrogen (secondary N) is 3. The highest BCUT2D eigenvalue weighted by Crippen LogP contribution is 2.10. The van der Waals surface area contributed by atoms with Gasteiger partial charge in [0.1, 0.15) is 0 Å². The Hall–Kier alpha value is -1.63. The van der Waals surface area contributed by atoms with E-state index in [1.807, 2.05) is 13.8 Å². The van der Waals surface area contributed by atoms with Gasteiger partial charge in [-0.3, -0.25) is 14.9 Å². The van der Waals surface area contributed by atoms with Gasteiger partial charge in [0.2, 0.25) is 0 Å². The number of esters is 1. The van der Waals surface area contributed by atoms with E-state index in [0.717, 1.165) is 24.4 Å². The molecule has 0 aromatic carbocycles. The Balaban J connectivity index is 2.27. The lowest BCUT2D eigenvalue weighted by Crippen LogP contribution is -3.14. The van der Waals surface area contributed by atoms with Gasteiger partial charge < -0.3 is 15.0 Å². The summed E-state index contributed by atoms with van der Waals surface area (Å²) in [6, 6.07) is -0.404. The number of hydrogen-bond acceptors (Lipinski definition) is 4. The number of urea groups is 1. The summed E-state index contributed by atoms with van der Waals surface area (Å²) in [7, 11) is 1.39. The highest BCUT2D eigenvalue weighted by molar-refractivity contribution is 5.94. The zero-order valence-electron chi connectivity index (χ0n) is 13.0. The number of piperidine rings is 1. The molecule has 21 heavy (non-hydrogen) atoms. The van der Waals surface area contributed by atoms with Crippen LogP contribution >= 0.6 is 0 Å². The molecule has 0 spiro atoms. The van der Waals surface area contributed by atoms with Gasteiger partial charge in [0.05, 0.1) is 26.1 Å². The van der Waals surface area contributed by atoms with Gasteiger partial charge in [-0.05, 0) is 13.3 Å². The molecule has 0 saturated carbocycles. The number of methoxy groups -OCH3 is 1. The SMILES string of the molecule is CC[C@H](C)NC(=O)NC(=O)C[NH+]1CCC(C(=O)OC)CC1. The van der Waals surface area contributed by atoms with Crippen molar-refractivity contribution in [3.8, 4) is 0 Å². The molecule has 0 unspecified atom stereocenters. The van der Waals surface area contributed by atoms with Crippen molar-refractivity contribution in [1.29, 1.82) is 0 Å². The van der Waals surface area contributed by atoms with Crippen molar-refractivity contribution in [2.75, 3.05) is 26.7 Å². The van der Waals surface area contributed by atoms with Crippen LogP contribution in [0.4, 0.5) is 4.79 Å². The molecule has 0 aromatic heterocycles. The fourth-order valence-corrected chi connectivity index (χ4v) is 2.37. The van der Waals surface area contributed by atoms with Crippen molar-refractivity contribution < 1.29 is 24.0 Å². The van der Waals surface area contributed by atoms with E-state index in [2.05, 4.69) is 10.6 Å². The second-order valence-corrected chi connectivity index (χ2v) is 5.56. The zero-order valence-corrected chi connectivity index (χ0v) is 13.0. The average molecular weight is 300 g/mol. The van der Waals surface area contributed by atoms with E-state index in [9.17, 15) is 14.4 Å². The van der Waals surface area contributed by atoms with Crippen LogP contribution in [0.5, 0.6) is 0 Å². The van der Waals surface area contributed by atoms with Crippen molar-refractivity contribution in [2.45, 2.75) is 39.2 Å². The third-order valence-corrected chi connectivity index (χ3v) is 3.88. The Morgan fingerprint density at radius 2 is 1.90 bits per heavy atom. The number of carbonyl (C=O) groups is 3. The van der Waals surface area contributed by atoms with Gasteiger partial charge >= 0.3 is 12.0 Å². The van der Waals surface area contributed by atoms with Crippen LogP contribution in [-0.2, 0) is 14.3 Å². The van der Waals surface area contributed by atoms with E-state index >= 15 is 0 Å². The molecule has 7 nitrogen and oxygen atoms in total. The molecule has 0 bridgehead atoms. The predicted octanol–water partition coefficient (Wildman–Crippen LogP) is -0.921. The zero-order chi connectivity index (χ0) is 15.8. The number of quaternary nitrogens is 1. The van der Waals surface area contributed by atoms with Gasteiger partial charge in [0, 0.05) is 18.9 Å². The number of hydrogen-bond donors (Lipinski definition) is 3. The normalized spacial score (nSPS) is 23.0. The topological polar surface area (TPSA) is 88.9 Å². The Bertz CT molecular complexity index is 378. The third-order valence-electron chi connectivity index (χ3n) is 3.88. The second kappa shape index (κ2) is 8.61. The first-order valence-electron chi connectivity index (χ1n) is 7.48. The van der Waals surface area contributed by atoms with Crippen LogP contribution < -0.4 is 15.5 Å². The maximum Gasteiger partial charge on any atom is 0.321 e. The molecule has 1 aliphatic rings. The fraction of sp³-hybridized carbons (Fsp3) is 0.786. The van der Waals surface area contributed by atoms with Crippen molar-refractivity contribution in [1.82, 2.24) is 10.6 Å². The molecule has 0 aliphatic carbocycles. The summed E-state index contributed by atoms with van der Waals surface area (Å²) in [5.74, 6) is -0.524. The average Bonchev–Trinajstić information content (AvgIpc) is 2.46. The third kappa shape index (κ3) is 6.12. The molecular formula is C14H26N3O4+. The molecule has 120 valence electrons. The molecular weight excluding hydrogens is 274 g/mol. The van der Waals surface area contributed by atoms with Crippen LogP contribution in [0.25, 0.3) is 0 Å². The van der Waals surface area contributed by atoms with Crippen molar-refractivity contribution in [3.63, 3.8) is 0 Å². The fourth-order valence-electron chi connectivity index (χ4n) is 2.37. The first kappa shape index (κ1) is 17.4. The molecule has 1 atom stereocenters. The standard InChI is InChI=1S/C14H25N3O4/c1-4-10(2)15-14(20)16-12(18)9-17-7-5-11(6-8-17)13(19)21-3/h10-11H,4-9H2,1-3H3,(H2,15,16,18,20)/p+1/t10-/m0/s1. The second-order valence-electron chi connectivity index (χ2n) is 5.56. The van der Waals surface area contributed by atoms with Crippen LogP contribution in [0, 0.1) is 5.92 Å². The molecule has 0 aromatic rings. The van der Waals surface area contributed by atoms with Crippen LogP contribution in [0.15, 0.2) is 0 Å². The number of carbonyl (C=O) groups excluding carboxylic acids is 3. The number of imide groups is 1.